The van der Waals surface area contributed by atoms with Crippen molar-refractivity contribution in [2.24, 2.45) is 5.16 Å². The number of halogens is 1. The molecule has 1 heterocycles. The lowest BCUT2D eigenvalue weighted by atomic mass is 10.4. The Morgan fingerprint density at radius 1 is 1.78 bits per heavy atom. The number of hydrogen-bond acceptors (Lipinski definition) is 3. The lowest BCUT2D eigenvalue weighted by molar-refractivity contribution is 0.322. The van der Waals surface area contributed by atoms with E-state index >= 15 is 0 Å². The third kappa shape index (κ3) is 1.53. The summed E-state index contributed by atoms with van der Waals surface area (Å²) in [5, 5.41) is 12.9. The Morgan fingerprint density at radius 2 is 2.56 bits per heavy atom. The predicted molar refractivity (Wildman–Crippen MR) is 41.4 cm³/mol. The summed E-state index contributed by atoms with van der Waals surface area (Å²) in [5.74, 6) is 0. The standard InChI is InChI=1S/C5H4BrNOS/c6-5-4(3-7-8)1-2-9-5/h1-3,8H/b7-3+. The van der Waals surface area contributed by atoms with Gasteiger partial charge >= 0.3 is 0 Å². The minimum atomic E-state index is 0.905. The van der Waals surface area contributed by atoms with Crippen molar-refractivity contribution in [1.29, 1.82) is 0 Å². The molecule has 0 aliphatic carbocycles. The molecule has 0 saturated carbocycles. The van der Waals surface area contributed by atoms with Crippen LogP contribution in [0.15, 0.2) is 20.4 Å². The van der Waals surface area contributed by atoms with Crippen LogP contribution in [0.4, 0.5) is 0 Å². The SMILES string of the molecule is O/N=C/c1ccsc1Br. The summed E-state index contributed by atoms with van der Waals surface area (Å²) in [7, 11) is 0. The minimum absolute atomic E-state index is 0.905. The summed E-state index contributed by atoms with van der Waals surface area (Å²) in [6, 6.07) is 1.87. The van der Waals surface area contributed by atoms with E-state index in [0.29, 0.717) is 0 Å². The summed E-state index contributed by atoms with van der Waals surface area (Å²) in [6.45, 7) is 0. The van der Waals surface area contributed by atoms with E-state index < -0.39 is 0 Å². The molecule has 0 bridgehead atoms. The molecular weight excluding hydrogens is 202 g/mol. The first-order valence-corrected chi connectivity index (χ1v) is 3.92. The monoisotopic (exact) mass is 205 g/mol. The van der Waals surface area contributed by atoms with Gasteiger partial charge in [0.1, 0.15) is 0 Å². The minimum Gasteiger partial charge on any atom is -0.411 e. The molecule has 0 atom stereocenters. The molecule has 0 aliphatic rings. The fourth-order valence-electron chi connectivity index (χ4n) is 0.457. The lowest BCUT2D eigenvalue weighted by Crippen LogP contribution is -1.73. The highest BCUT2D eigenvalue weighted by atomic mass is 79.9. The van der Waals surface area contributed by atoms with E-state index in [2.05, 4.69) is 21.1 Å². The molecule has 0 unspecified atom stereocenters. The van der Waals surface area contributed by atoms with Gasteiger partial charge in [-0.15, -0.1) is 11.3 Å². The largest absolute Gasteiger partial charge is 0.411 e. The Bertz CT molecular complexity index is 220. The molecule has 0 aromatic carbocycles. The fourth-order valence-corrected chi connectivity index (χ4v) is 1.61. The smallest absolute Gasteiger partial charge is 0.0787 e. The van der Waals surface area contributed by atoms with E-state index in [0.717, 1.165) is 9.35 Å². The van der Waals surface area contributed by atoms with Gasteiger partial charge in [0.05, 0.1) is 10.0 Å². The first-order valence-electron chi connectivity index (χ1n) is 2.25. The zero-order chi connectivity index (χ0) is 6.69. The number of rotatable bonds is 1. The van der Waals surface area contributed by atoms with Crippen LogP contribution in [-0.2, 0) is 0 Å². The predicted octanol–water partition coefficient (Wildman–Crippen LogP) is 2.32. The summed E-state index contributed by atoms with van der Waals surface area (Å²) in [5.41, 5.74) is 0.905. The van der Waals surface area contributed by atoms with Crippen molar-refractivity contribution in [2.75, 3.05) is 0 Å². The maximum Gasteiger partial charge on any atom is 0.0787 e. The van der Waals surface area contributed by atoms with E-state index in [1.54, 1.807) is 11.3 Å². The van der Waals surface area contributed by atoms with Gasteiger partial charge in [-0.2, -0.15) is 0 Å². The number of hydrogen-bond donors (Lipinski definition) is 1. The van der Waals surface area contributed by atoms with Crippen molar-refractivity contribution in [3.05, 3.63) is 20.8 Å². The van der Waals surface area contributed by atoms with Crippen molar-refractivity contribution in [2.45, 2.75) is 0 Å². The van der Waals surface area contributed by atoms with Gasteiger partial charge in [0.15, 0.2) is 0 Å². The zero-order valence-corrected chi connectivity index (χ0v) is 6.82. The molecule has 1 aromatic rings. The second kappa shape index (κ2) is 2.98. The van der Waals surface area contributed by atoms with Crippen LogP contribution in [0.1, 0.15) is 5.56 Å². The zero-order valence-electron chi connectivity index (χ0n) is 4.41. The summed E-state index contributed by atoms with van der Waals surface area (Å²) in [6.07, 6.45) is 1.39. The molecular formula is C5H4BrNOS. The molecule has 48 valence electrons. The highest BCUT2D eigenvalue weighted by Crippen LogP contribution is 2.21. The first-order chi connectivity index (χ1) is 4.34. The van der Waals surface area contributed by atoms with Crippen LogP contribution in [0.5, 0.6) is 0 Å². The molecule has 0 spiro atoms. The Balaban J connectivity index is 2.94. The van der Waals surface area contributed by atoms with Crippen LogP contribution >= 0.6 is 27.3 Å². The molecule has 1 rings (SSSR count). The summed E-state index contributed by atoms with van der Waals surface area (Å²) in [4.78, 5) is 0. The van der Waals surface area contributed by atoms with Crippen LogP contribution in [0.25, 0.3) is 0 Å². The normalized spacial score (nSPS) is 10.8. The Kier molecular flexibility index (Phi) is 2.24. The highest BCUT2D eigenvalue weighted by Gasteiger charge is 1.94. The topological polar surface area (TPSA) is 32.6 Å². The Hall–Kier alpha value is -0.350. The summed E-state index contributed by atoms with van der Waals surface area (Å²) >= 11 is 4.84. The molecule has 2 nitrogen and oxygen atoms in total. The molecule has 1 aromatic heterocycles. The van der Waals surface area contributed by atoms with Gasteiger partial charge in [0, 0.05) is 5.56 Å². The Morgan fingerprint density at radius 3 is 3.00 bits per heavy atom. The van der Waals surface area contributed by atoms with Gasteiger partial charge in [0.2, 0.25) is 0 Å². The van der Waals surface area contributed by atoms with E-state index in [1.165, 1.54) is 6.21 Å². The quantitative estimate of drug-likeness (QED) is 0.426. The lowest BCUT2D eigenvalue weighted by Gasteiger charge is -1.81. The van der Waals surface area contributed by atoms with E-state index in [4.69, 9.17) is 5.21 Å². The van der Waals surface area contributed by atoms with Crippen LogP contribution in [0, 0.1) is 0 Å². The molecule has 0 aliphatic heterocycles. The van der Waals surface area contributed by atoms with Gasteiger partial charge in [-0.25, -0.2) is 0 Å². The van der Waals surface area contributed by atoms with Crippen molar-refractivity contribution >= 4 is 33.5 Å². The van der Waals surface area contributed by atoms with Gasteiger partial charge in [-0.1, -0.05) is 5.16 Å². The van der Waals surface area contributed by atoms with Crippen LogP contribution in [0.2, 0.25) is 0 Å². The molecule has 0 saturated heterocycles. The average Bonchev–Trinajstić information content (AvgIpc) is 2.18. The van der Waals surface area contributed by atoms with Crippen molar-refractivity contribution in [3.63, 3.8) is 0 Å². The average molecular weight is 206 g/mol. The van der Waals surface area contributed by atoms with Gasteiger partial charge in [-0.05, 0) is 27.4 Å². The van der Waals surface area contributed by atoms with Crippen molar-refractivity contribution < 1.29 is 5.21 Å². The van der Waals surface area contributed by atoms with E-state index in [-0.39, 0.29) is 0 Å². The van der Waals surface area contributed by atoms with Crippen molar-refractivity contribution in [3.8, 4) is 0 Å². The number of thiophene rings is 1. The van der Waals surface area contributed by atoms with Gasteiger partial charge in [-0.3, -0.25) is 0 Å². The molecule has 4 heteroatoms. The summed E-state index contributed by atoms with van der Waals surface area (Å²) < 4.78 is 0.986. The molecule has 1 N–H and O–H groups in total. The second-order valence-corrected chi connectivity index (χ2v) is 3.63. The van der Waals surface area contributed by atoms with Crippen LogP contribution < -0.4 is 0 Å². The van der Waals surface area contributed by atoms with Crippen LogP contribution in [-0.4, -0.2) is 11.4 Å². The fraction of sp³-hybridized carbons (Fsp3) is 0. The second-order valence-electron chi connectivity index (χ2n) is 1.39. The third-order valence-electron chi connectivity index (χ3n) is 0.843. The number of nitrogens with zero attached hydrogens (tertiary/aromatic N) is 1. The maximum absolute atomic E-state index is 8.12. The Labute approximate surface area is 64.9 Å². The van der Waals surface area contributed by atoms with E-state index in [1.807, 2.05) is 11.4 Å². The highest BCUT2D eigenvalue weighted by molar-refractivity contribution is 9.11. The molecule has 0 fully saturated rings. The maximum atomic E-state index is 8.12. The third-order valence-corrected chi connectivity index (χ3v) is 2.58. The number of oxime groups is 1. The van der Waals surface area contributed by atoms with Crippen LogP contribution in [0.3, 0.4) is 0 Å². The molecule has 9 heavy (non-hydrogen) atoms. The van der Waals surface area contributed by atoms with Crippen molar-refractivity contribution in [1.82, 2.24) is 0 Å². The van der Waals surface area contributed by atoms with Gasteiger partial charge < -0.3 is 5.21 Å². The van der Waals surface area contributed by atoms with Gasteiger partial charge in [0.25, 0.3) is 0 Å². The first kappa shape index (κ1) is 6.77. The molecule has 0 amide bonds. The van der Waals surface area contributed by atoms with E-state index in [9.17, 15) is 0 Å². The molecule has 0 radical (unpaired) electrons.